The van der Waals surface area contributed by atoms with E-state index in [0.717, 1.165) is 45.4 Å². The molecule has 1 N–H and O–H groups in total. The molecule has 1 amide bonds. The molecule has 1 atom stereocenters. The molecule has 0 aromatic rings. The quantitative estimate of drug-likeness (QED) is 0.462. The van der Waals surface area contributed by atoms with Crippen molar-refractivity contribution in [2.24, 2.45) is 11.0 Å². The topological polar surface area (TPSA) is 47.9 Å². The molecule has 1 heterocycles. The Labute approximate surface area is 115 Å². The van der Waals surface area contributed by atoms with Crippen LogP contribution in [-0.4, -0.2) is 61.7 Å². The molecular formula is C14H24N4O. The summed E-state index contributed by atoms with van der Waals surface area (Å²) in [4.78, 5) is 16.2. The number of nitrogens with zero attached hydrogens (tertiary/aromatic N) is 3. The summed E-state index contributed by atoms with van der Waals surface area (Å²) >= 11 is 0. The van der Waals surface area contributed by atoms with Crippen molar-refractivity contribution in [2.45, 2.75) is 19.3 Å². The molecule has 0 aromatic carbocycles. The predicted octanol–water partition coefficient (Wildman–Crippen LogP) is 0.692. The van der Waals surface area contributed by atoms with Crippen molar-refractivity contribution in [3.8, 4) is 0 Å². The van der Waals surface area contributed by atoms with Crippen LogP contribution in [0, 0.1) is 5.92 Å². The van der Waals surface area contributed by atoms with Crippen molar-refractivity contribution >= 4 is 12.1 Å². The van der Waals surface area contributed by atoms with E-state index in [2.05, 4.69) is 39.5 Å². The van der Waals surface area contributed by atoms with E-state index in [1.54, 1.807) is 0 Å². The molecule has 106 valence electrons. The Morgan fingerprint density at radius 2 is 2.16 bits per heavy atom. The molecule has 1 aliphatic carbocycles. The van der Waals surface area contributed by atoms with Gasteiger partial charge in [0.25, 0.3) is 5.91 Å². The molecule has 19 heavy (non-hydrogen) atoms. The average Bonchev–Trinajstić information content (AvgIpc) is 2.43. The Hall–Kier alpha value is -1.20. The van der Waals surface area contributed by atoms with Gasteiger partial charge in [0, 0.05) is 32.4 Å². The minimum absolute atomic E-state index is 0.00726. The van der Waals surface area contributed by atoms with E-state index >= 15 is 0 Å². The molecule has 0 saturated carbocycles. The highest BCUT2D eigenvalue weighted by Crippen LogP contribution is 2.15. The van der Waals surface area contributed by atoms with Gasteiger partial charge in [-0.15, -0.1) is 0 Å². The largest absolute Gasteiger partial charge is 0.304 e. The van der Waals surface area contributed by atoms with Crippen molar-refractivity contribution < 1.29 is 4.79 Å². The highest BCUT2D eigenvalue weighted by Gasteiger charge is 2.16. The number of likely N-dealkylation sites (N-methyl/N-ethyl adjacent to an activating group) is 1. The van der Waals surface area contributed by atoms with Crippen LogP contribution < -0.4 is 5.43 Å². The third-order valence-electron chi connectivity index (χ3n) is 3.75. The molecule has 5 heteroatoms. The lowest BCUT2D eigenvalue weighted by atomic mass is 9.96. The van der Waals surface area contributed by atoms with Gasteiger partial charge in [-0.1, -0.05) is 12.2 Å². The number of piperazine rings is 1. The maximum absolute atomic E-state index is 11.7. The van der Waals surface area contributed by atoms with Crippen LogP contribution in [0.5, 0.6) is 0 Å². The van der Waals surface area contributed by atoms with Crippen LogP contribution in [0.2, 0.25) is 0 Å². The minimum Gasteiger partial charge on any atom is -0.304 e. The highest BCUT2D eigenvalue weighted by atomic mass is 16.2. The smallest absolute Gasteiger partial charge is 0.254 e. The Bertz CT molecular complexity index is 345. The van der Waals surface area contributed by atoms with E-state index in [-0.39, 0.29) is 5.91 Å². The highest BCUT2D eigenvalue weighted by molar-refractivity contribution is 5.78. The maximum atomic E-state index is 11.7. The van der Waals surface area contributed by atoms with Crippen LogP contribution in [0.25, 0.3) is 0 Å². The van der Waals surface area contributed by atoms with Gasteiger partial charge in [-0.3, -0.25) is 9.69 Å². The number of hydrazone groups is 1. The molecule has 0 radical (unpaired) electrons. The second-order valence-corrected chi connectivity index (χ2v) is 5.44. The van der Waals surface area contributed by atoms with Crippen LogP contribution in [0.3, 0.4) is 0 Å². The first-order chi connectivity index (χ1) is 9.24. The monoisotopic (exact) mass is 264 g/mol. The molecule has 1 aliphatic heterocycles. The zero-order chi connectivity index (χ0) is 13.5. The second kappa shape index (κ2) is 7.40. The molecule has 1 unspecified atom stereocenters. The SMILES string of the molecule is CN1CCN(CC(=O)NN=CC2CC=CCC2)CC1. The molecule has 1 saturated heterocycles. The summed E-state index contributed by atoms with van der Waals surface area (Å²) in [5.74, 6) is 0.473. The Balaban J connectivity index is 1.64. The van der Waals surface area contributed by atoms with Crippen molar-refractivity contribution in [3.05, 3.63) is 12.2 Å². The molecule has 2 rings (SSSR count). The lowest BCUT2D eigenvalue weighted by Gasteiger charge is -2.31. The summed E-state index contributed by atoms with van der Waals surface area (Å²) in [5.41, 5.74) is 2.64. The van der Waals surface area contributed by atoms with Crippen molar-refractivity contribution in [2.75, 3.05) is 39.8 Å². The van der Waals surface area contributed by atoms with Crippen LogP contribution in [0.15, 0.2) is 17.3 Å². The van der Waals surface area contributed by atoms with E-state index in [4.69, 9.17) is 0 Å². The first-order valence-electron chi connectivity index (χ1n) is 7.12. The summed E-state index contributed by atoms with van der Waals surface area (Å²) in [6.07, 6.45) is 9.56. The first-order valence-corrected chi connectivity index (χ1v) is 7.12. The fraction of sp³-hybridized carbons (Fsp3) is 0.714. The number of hydrogen-bond donors (Lipinski definition) is 1. The first kappa shape index (κ1) is 14.2. The lowest BCUT2D eigenvalue weighted by Crippen LogP contribution is -2.47. The van der Waals surface area contributed by atoms with E-state index in [0.29, 0.717) is 12.5 Å². The summed E-state index contributed by atoms with van der Waals surface area (Å²) in [5, 5.41) is 4.08. The standard InChI is InChI=1S/C14H24N4O/c1-17-7-9-18(10-8-17)12-14(19)16-15-11-13-5-3-2-4-6-13/h2-3,11,13H,4-10,12H2,1H3,(H,16,19). The van der Waals surface area contributed by atoms with Crippen molar-refractivity contribution in [1.29, 1.82) is 0 Å². The van der Waals surface area contributed by atoms with Crippen molar-refractivity contribution in [1.82, 2.24) is 15.2 Å². The average molecular weight is 264 g/mol. The third kappa shape index (κ3) is 5.12. The number of hydrogen-bond acceptors (Lipinski definition) is 4. The van der Waals surface area contributed by atoms with Gasteiger partial charge >= 0.3 is 0 Å². The number of amides is 1. The van der Waals surface area contributed by atoms with Gasteiger partial charge < -0.3 is 4.90 Å². The zero-order valence-corrected chi connectivity index (χ0v) is 11.7. The molecule has 2 aliphatic rings. The molecule has 0 spiro atoms. The fourth-order valence-corrected chi connectivity index (χ4v) is 2.41. The van der Waals surface area contributed by atoms with Gasteiger partial charge in [-0.05, 0) is 32.2 Å². The van der Waals surface area contributed by atoms with Gasteiger partial charge in [-0.25, -0.2) is 5.43 Å². The summed E-state index contributed by atoms with van der Waals surface area (Å²) < 4.78 is 0. The maximum Gasteiger partial charge on any atom is 0.254 e. The van der Waals surface area contributed by atoms with E-state index in [1.807, 2.05) is 6.21 Å². The zero-order valence-electron chi connectivity index (χ0n) is 11.7. The van der Waals surface area contributed by atoms with Gasteiger partial charge in [0.05, 0.1) is 6.54 Å². The minimum atomic E-state index is -0.00726. The number of nitrogens with one attached hydrogen (secondary N) is 1. The Morgan fingerprint density at radius 1 is 1.37 bits per heavy atom. The molecule has 5 nitrogen and oxygen atoms in total. The number of rotatable bonds is 4. The van der Waals surface area contributed by atoms with Gasteiger partial charge in [0.2, 0.25) is 0 Å². The van der Waals surface area contributed by atoms with Gasteiger partial charge in [-0.2, -0.15) is 5.10 Å². The summed E-state index contributed by atoms with van der Waals surface area (Å²) in [6.45, 7) is 4.44. The van der Waals surface area contributed by atoms with Gasteiger partial charge in [0.1, 0.15) is 0 Å². The second-order valence-electron chi connectivity index (χ2n) is 5.44. The number of allylic oxidation sites excluding steroid dienone is 2. The molecule has 0 aromatic heterocycles. The predicted molar refractivity (Wildman–Crippen MR) is 77.1 cm³/mol. The normalized spacial score (nSPS) is 25.8. The fourth-order valence-electron chi connectivity index (χ4n) is 2.41. The van der Waals surface area contributed by atoms with E-state index < -0.39 is 0 Å². The van der Waals surface area contributed by atoms with E-state index in [9.17, 15) is 4.79 Å². The Morgan fingerprint density at radius 3 is 2.84 bits per heavy atom. The van der Waals surface area contributed by atoms with Crippen molar-refractivity contribution in [3.63, 3.8) is 0 Å². The summed E-state index contributed by atoms with van der Waals surface area (Å²) in [6, 6.07) is 0. The van der Waals surface area contributed by atoms with Gasteiger partial charge in [0.15, 0.2) is 0 Å². The van der Waals surface area contributed by atoms with Crippen LogP contribution in [-0.2, 0) is 4.79 Å². The summed E-state index contributed by atoms with van der Waals surface area (Å²) in [7, 11) is 2.11. The lowest BCUT2D eigenvalue weighted by molar-refractivity contribution is -0.122. The molecular weight excluding hydrogens is 240 g/mol. The third-order valence-corrected chi connectivity index (χ3v) is 3.75. The van der Waals surface area contributed by atoms with Crippen LogP contribution in [0.4, 0.5) is 0 Å². The molecule has 1 fully saturated rings. The Kier molecular flexibility index (Phi) is 5.54. The van der Waals surface area contributed by atoms with Crippen LogP contribution in [0.1, 0.15) is 19.3 Å². The van der Waals surface area contributed by atoms with E-state index in [1.165, 1.54) is 0 Å². The molecule has 0 bridgehead atoms. The number of carbonyl (C=O) groups excluding carboxylic acids is 1. The van der Waals surface area contributed by atoms with Crippen LogP contribution >= 0.6 is 0 Å². The number of carbonyl (C=O) groups is 1.